The molecule has 8 atom stereocenters. The molecule has 0 saturated carbocycles. The lowest BCUT2D eigenvalue weighted by Gasteiger charge is -2.40. The molecule has 8 unspecified atom stereocenters. The summed E-state index contributed by atoms with van der Waals surface area (Å²) in [5.41, 5.74) is 0. The lowest BCUT2D eigenvalue weighted by molar-refractivity contribution is -0.302. The molecule has 0 aromatic rings. The van der Waals surface area contributed by atoms with Gasteiger partial charge in [-0.3, -0.25) is 4.79 Å². The van der Waals surface area contributed by atoms with Crippen LogP contribution in [-0.2, 0) is 14.3 Å². The minimum Gasteiger partial charge on any atom is -0.394 e. The van der Waals surface area contributed by atoms with Crippen LogP contribution in [0.5, 0.6) is 0 Å². The van der Waals surface area contributed by atoms with Gasteiger partial charge < -0.3 is 45.4 Å². The van der Waals surface area contributed by atoms with Gasteiger partial charge in [-0.15, -0.1) is 0 Å². The summed E-state index contributed by atoms with van der Waals surface area (Å²) in [7, 11) is 0. The Morgan fingerprint density at radius 2 is 0.770 bits per heavy atom. The second-order valence-corrected chi connectivity index (χ2v) is 23.1. The normalized spacial score (nSPS) is 19.4. The van der Waals surface area contributed by atoms with E-state index in [1.807, 2.05) is 6.08 Å². The smallest absolute Gasteiger partial charge is 0.249 e. The van der Waals surface area contributed by atoms with E-state index < -0.39 is 61.5 Å². The Hall–Kier alpha value is -1.11. The van der Waals surface area contributed by atoms with Crippen molar-refractivity contribution >= 4 is 5.91 Å². The van der Waals surface area contributed by atoms with Gasteiger partial charge in [0.2, 0.25) is 5.91 Å². The summed E-state index contributed by atoms with van der Waals surface area (Å²) in [6.07, 6.45) is 58.1. The Balaban J connectivity index is 2.02. The molecule has 0 bridgehead atoms. The SMILES string of the molecule is CCCCCCCCCCC/C=C/C(O)C(COC1OC(CO)C(O)C(O)C1O)NC(=O)C(O)CCCCCCCCCCCCCCCCCCCCCCCCCCCCCCCCCCCCCCCC. The molecule has 1 amide bonds. The first-order valence-electron chi connectivity index (χ1n) is 32.5. The molecule has 7 N–H and O–H groups in total. The highest BCUT2D eigenvalue weighted by Crippen LogP contribution is 2.23. The van der Waals surface area contributed by atoms with Gasteiger partial charge in [0.05, 0.1) is 25.4 Å². The van der Waals surface area contributed by atoms with Gasteiger partial charge in [0.1, 0.15) is 30.5 Å². The van der Waals surface area contributed by atoms with Crippen LogP contribution >= 0.6 is 0 Å². The molecule has 1 aliphatic heterocycles. The van der Waals surface area contributed by atoms with E-state index in [4.69, 9.17) is 9.47 Å². The summed E-state index contributed by atoms with van der Waals surface area (Å²) in [5.74, 6) is -0.611. The van der Waals surface area contributed by atoms with Crippen LogP contribution in [0.1, 0.15) is 328 Å². The molecule has 74 heavy (non-hydrogen) atoms. The number of aliphatic hydroxyl groups excluding tert-OH is 6. The Morgan fingerprint density at radius 1 is 0.459 bits per heavy atom. The van der Waals surface area contributed by atoms with Crippen LogP contribution in [0.3, 0.4) is 0 Å². The lowest BCUT2D eigenvalue weighted by Crippen LogP contribution is -2.60. The van der Waals surface area contributed by atoms with Gasteiger partial charge in [0.15, 0.2) is 6.29 Å². The van der Waals surface area contributed by atoms with Crippen molar-refractivity contribution in [3.05, 3.63) is 12.2 Å². The zero-order valence-electron chi connectivity index (χ0n) is 48.7. The Kier molecular flexibility index (Phi) is 51.6. The fourth-order valence-corrected chi connectivity index (χ4v) is 10.8. The van der Waals surface area contributed by atoms with Gasteiger partial charge in [-0.25, -0.2) is 0 Å². The van der Waals surface area contributed by atoms with Gasteiger partial charge in [-0.2, -0.15) is 0 Å². The zero-order chi connectivity index (χ0) is 53.8. The average Bonchev–Trinajstić information content (AvgIpc) is 3.40. The van der Waals surface area contributed by atoms with E-state index in [1.165, 1.54) is 263 Å². The van der Waals surface area contributed by atoms with E-state index in [0.717, 1.165) is 44.9 Å². The van der Waals surface area contributed by atoms with E-state index in [2.05, 4.69) is 19.2 Å². The molecule has 0 spiro atoms. The number of hydrogen-bond donors (Lipinski definition) is 7. The summed E-state index contributed by atoms with van der Waals surface area (Å²) < 4.78 is 11.2. The third-order valence-electron chi connectivity index (χ3n) is 16.0. The Labute approximate surface area is 457 Å². The number of rotatable bonds is 57. The van der Waals surface area contributed by atoms with E-state index in [1.54, 1.807) is 6.08 Å². The van der Waals surface area contributed by atoms with Gasteiger partial charge in [0, 0.05) is 0 Å². The van der Waals surface area contributed by atoms with Crippen LogP contribution in [0.2, 0.25) is 0 Å². The molecular formula is C64H125NO9. The molecule has 0 radical (unpaired) electrons. The van der Waals surface area contributed by atoms with E-state index in [9.17, 15) is 35.4 Å². The predicted molar refractivity (Wildman–Crippen MR) is 310 cm³/mol. The Morgan fingerprint density at radius 3 is 1.09 bits per heavy atom. The lowest BCUT2D eigenvalue weighted by atomic mass is 9.99. The minimum atomic E-state index is -1.61. The van der Waals surface area contributed by atoms with Crippen molar-refractivity contribution in [1.82, 2.24) is 5.32 Å². The zero-order valence-corrected chi connectivity index (χ0v) is 48.7. The number of amides is 1. The van der Waals surface area contributed by atoms with Crippen LogP contribution < -0.4 is 5.32 Å². The number of nitrogens with one attached hydrogen (secondary N) is 1. The first-order chi connectivity index (χ1) is 36.3. The first-order valence-corrected chi connectivity index (χ1v) is 32.5. The molecule has 1 saturated heterocycles. The molecule has 0 aliphatic carbocycles. The second kappa shape index (κ2) is 53.9. The van der Waals surface area contributed by atoms with E-state index in [0.29, 0.717) is 6.42 Å². The van der Waals surface area contributed by atoms with E-state index >= 15 is 0 Å². The summed E-state index contributed by atoms with van der Waals surface area (Å²) in [4.78, 5) is 13.1. The summed E-state index contributed by atoms with van der Waals surface area (Å²) in [6.45, 7) is 3.63. The first kappa shape index (κ1) is 70.9. The van der Waals surface area contributed by atoms with Crippen LogP contribution in [0.4, 0.5) is 0 Å². The van der Waals surface area contributed by atoms with Crippen molar-refractivity contribution in [3.8, 4) is 0 Å². The summed E-state index contributed by atoms with van der Waals surface area (Å²) in [5, 5.41) is 64.9. The molecule has 0 aromatic carbocycles. The number of carbonyl (C=O) groups excluding carboxylic acids is 1. The third-order valence-corrected chi connectivity index (χ3v) is 16.0. The van der Waals surface area contributed by atoms with Crippen molar-refractivity contribution < 1.29 is 44.9 Å². The average molecular weight is 1050 g/mol. The van der Waals surface area contributed by atoms with Crippen LogP contribution in [0.25, 0.3) is 0 Å². The monoisotopic (exact) mass is 1050 g/mol. The molecular weight excluding hydrogens is 927 g/mol. The highest BCUT2D eigenvalue weighted by Gasteiger charge is 2.44. The topological polar surface area (TPSA) is 169 Å². The minimum absolute atomic E-state index is 0.301. The fourth-order valence-electron chi connectivity index (χ4n) is 10.8. The van der Waals surface area contributed by atoms with Crippen molar-refractivity contribution in [3.63, 3.8) is 0 Å². The fraction of sp³-hybridized carbons (Fsp3) is 0.953. The maximum atomic E-state index is 13.1. The molecule has 10 nitrogen and oxygen atoms in total. The third kappa shape index (κ3) is 41.9. The number of unbranched alkanes of at least 4 members (excludes halogenated alkanes) is 46. The molecule has 10 heteroatoms. The summed E-state index contributed by atoms with van der Waals surface area (Å²) in [6, 6.07) is -0.975. The van der Waals surface area contributed by atoms with Crippen molar-refractivity contribution in [2.45, 2.75) is 377 Å². The number of hydrogen-bond acceptors (Lipinski definition) is 9. The Bertz CT molecular complexity index is 1190. The standard InChI is InChI=1S/C64H125NO9/c1-3-5-7-9-11-13-15-16-17-18-19-20-21-22-23-24-25-26-27-28-29-30-31-32-33-34-35-36-37-38-39-40-41-43-45-47-49-51-53-58(68)63(72)65-56(55-73-64-62(71)61(70)60(69)59(54-66)74-64)57(67)52-50-48-46-44-42-14-12-10-8-6-4-2/h50,52,56-62,64,66-71H,3-49,51,53-55H2,1-2H3,(H,65,72)/b52-50+. The molecule has 1 rings (SSSR count). The van der Waals surface area contributed by atoms with E-state index in [-0.39, 0.29) is 6.61 Å². The molecule has 1 aliphatic rings. The maximum absolute atomic E-state index is 13.1. The van der Waals surface area contributed by atoms with Gasteiger partial charge in [0.25, 0.3) is 0 Å². The summed E-state index contributed by atoms with van der Waals surface area (Å²) >= 11 is 0. The van der Waals surface area contributed by atoms with Crippen molar-refractivity contribution in [2.75, 3.05) is 13.2 Å². The van der Waals surface area contributed by atoms with Crippen LogP contribution in [0.15, 0.2) is 12.2 Å². The number of carbonyl (C=O) groups is 1. The molecule has 0 aromatic heterocycles. The van der Waals surface area contributed by atoms with Gasteiger partial charge in [-0.1, -0.05) is 321 Å². The van der Waals surface area contributed by atoms with Crippen molar-refractivity contribution in [2.24, 2.45) is 0 Å². The molecule has 1 fully saturated rings. The van der Waals surface area contributed by atoms with Crippen LogP contribution in [0, 0.1) is 0 Å². The number of aliphatic hydroxyl groups is 6. The predicted octanol–water partition coefficient (Wildman–Crippen LogP) is 15.7. The second-order valence-electron chi connectivity index (χ2n) is 23.1. The highest BCUT2D eigenvalue weighted by molar-refractivity contribution is 5.80. The number of ether oxygens (including phenoxy) is 2. The molecule has 440 valence electrons. The quantitative estimate of drug-likeness (QED) is 0.0232. The van der Waals surface area contributed by atoms with Crippen molar-refractivity contribution in [1.29, 1.82) is 0 Å². The van der Waals surface area contributed by atoms with Crippen LogP contribution in [-0.4, -0.2) is 98.7 Å². The van der Waals surface area contributed by atoms with Gasteiger partial charge >= 0.3 is 0 Å². The largest absolute Gasteiger partial charge is 0.394 e. The highest BCUT2D eigenvalue weighted by atomic mass is 16.7. The van der Waals surface area contributed by atoms with Gasteiger partial charge in [-0.05, 0) is 19.3 Å². The molecule has 1 heterocycles. The maximum Gasteiger partial charge on any atom is 0.249 e. The number of allylic oxidation sites excluding steroid dienone is 1.